The fourth-order valence-electron chi connectivity index (χ4n) is 2.73. The van der Waals surface area contributed by atoms with E-state index in [1.165, 1.54) is 0 Å². The van der Waals surface area contributed by atoms with E-state index in [4.69, 9.17) is 4.74 Å². The number of carbonyl (C=O) groups is 1. The van der Waals surface area contributed by atoms with Gasteiger partial charge in [0.15, 0.2) is 17.5 Å². The molecule has 0 radical (unpaired) electrons. The molecule has 26 heavy (non-hydrogen) atoms. The molecule has 1 unspecified atom stereocenters. The van der Waals surface area contributed by atoms with Gasteiger partial charge in [-0.1, -0.05) is 18.2 Å². The Balaban J connectivity index is 0.00000243. The lowest BCUT2D eigenvalue weighted by Gasteiger charge is -2.23. The molecule has 1 amide bonds. The molecule has 140 valence electrons. The Kier molecular flexibility index (Phi) is 7.02. The lowest BCUT2D eigenvalue weighted by Crippen LogP contribution is -2.43. The highest BCUT2D eigenvalue weighted by molar-refractivity contribution is 5.95. The Hall–Kier alpha value is -2.09. The Bertz CT molecular complexity index is 760. The van der Waals surface area contributed by atoms with Gasteiger partial charge in [-0.05, 0) is 23.8 Å². The molecule has 2 aromatic carbocycles. The van der Waals surface area contributed by atoms with Crippen LogP contribution in [0.5, 0.6) is 0 Å². The maximum atomic E-state index is 13.5. The third-order valence-corrected chi connectivity index (χ3v) is 3.93. The van der Waals surface area contributed by atoms with Gasteiger partial charge in [0.25, 0.3) is 0 Å². The number of halogens is 4. The van der Waals surface area contributed by atoms with Crippen molar-refractivity contribution in [2.75, 3.05) is 25.1 Å². The molecule has 8 heteroatoms. The summed E-state index contributed by atoms with van der Waals surface area (Å²) in [5, 5.41) is 5.91. The first kappa shape index (κ1) is 20.2. The summed E-state index contributed by atoms with van der Waals surface area (Å²) in [7, 11) is 0. The summed E-state index contributed by atoms with van der Waals surface area (Å²) in [4.78, 5) is 12.2. The van der Waals surface area contributed by atoms with E-state index in [1.54, 1.807) is 24.3 Å². The number of rotatable bonds is 4. The van der Waals surface area contributed by atoms with Crippen LogP contribution in [0.25, 0.3) is 11.1 Å². The number of benzene rings is 2. The second kappa shape index (κ2) is 9.02. The zero-order valence-electron chi connectivity index (χ0n) is 13.7. The summed E-state index contributed by atoms with van der Waals surface area (Å²) in [5.74, 6) is -4.33. The fraction of sp³-hybridized carbons (Fsp3) is 0.278. The zero-order valence-corrected chi connectivity index (χ0v) is 14.5. The van der Waals surface area contributed by atoms with E-state index in [1.807, 2.05) is 0 Å². The molecule has 0 aliphatic carbocycles. The first-order valence-electron chi connectivity index (χ1n) is 7.89. The summed E-state index contributed by atoms with van der Waals surface area (Å²) in [6, 6.07) is 8.31. The molecule has 3 rings (SSSR count). The molecule has 1 saturated heterocycles. The predicted octanol–water partition coefficient (Wildman–Crippen LogP) is 3.51. The highest BCUT2D eigenvalue weighted by Crippen LogP contribution is 2.30. The van der Waals surface area contributed by atoms with Crippen molar-refractivity contribution in [2.24, 2.45) is 0 Å². The standard InChI is InChI=1S/C18H17F3N2O2.ClH/c19-14-7-11(8-15(20)18(14)21)13-3-1-2-4-16(13)23-17(24)9-12-10-25-6-5-22-12;/h1-4,7-8,12,22H,5-6,9-10H2,(H,23,24);1H. The van der Waals surface area contributed by atoms with Crippen molar-refractivity contribution in [3.63, 3.8) is 0 Å². The minimum atomic E-state index is -1.52. The molecular weight excluding hydrogens is 369 g/mol. The minimum Gasteiger partial charge on any atom is -0.378 e. The van der Waals surface area contributed by atoms with Gasteiger partial charge in [0.1, 0.15) is 0 Å². The van der Waals surface area contributed by atoms with Crippen LogP contribution in [0.3, 0.4) is 0 Å². The highest BCUT2D eigenvalue weighted by Gasteiger charge is 2.18. The van der Waals surface area contributed by atoms with E-state index < -0.39 is 17.5 Å². The quantitative estimate of drug-likeness (QED) is 0.791. The van der Waals surface area contributed by atoms with Crippen molar-refractivity contribution in [3.8, 4) is 11.1 Å². The third kappa shape index (κ3) is 4.75. The molecule has 2 aromatic rings. The van der Waals surface area contributed by atoms with Crippen LogP contribution >= 0.6 is 12.4 Å². The minimum absolute atomic E-state index is 0. The van der Waals surface area contributed by atoms with Gasteiger partial charge in [-0.3, -0.25) is 4.79 Å². The first-order chi connectivity index (χ1) is 12.0. The topological polar surface area (TPSA) is 50.4 Å². The van der Waals surface area contributed by atoms with Gasteiger partial charge >= 0.3 is 0 Å². The third-order valence-electron chi connectivity index (χ3n) is 3.93. The Morgan fingerprint density at radius 2 is 1.88 bits per heavy atom. The van der Waals surface area contributed by atoms with Gasteiger partial charge in [0.2, 0.25) is 5.91 Å². The van der Waals surface area contributed by atoms with Gasteiger partial charge < -0.3 is 15.4 Å². The van der Waals surface area contributed by atoms with Crippen LogP contribution in [-0.2, 0) is 9.53 Å². The molecule has 2 N–H and O–H groups in total. The lowest BCUT2D eigenvalue weighted by atomic mass is 10.0. The monoisotopic (exact) mass is 386 g/mol. The van der Waals surface area contributed by atoms with Gasteiger partial charge in [0.05, 0.1) is 13.2 Å². The Labute approximate surface area is 155 Å². The van der Waals surface area contributed by atoms with Crippen LogP contribution in [0, 0.1) is 17.5 Å². The smallest absolute Gasteiger partial charge is 0.226 e. The number of hydrogen-bond donors (Lipinski definition) is 2. The number of nitrogens with one attached hydrogen (secondary N) is 2. The number of carbonyl (C=O) groups excluding carboxylic acids is 1. The number of para-hydroxylation sites is 1. The van der Waals surface area contributed by atoms with E-state index >= 15 is 0 Å². The summed E-state index contributed by atoms with van der Waals surface area (Å²) in [5.41, 5.74) is 0.947. The van der Waals surface area contributed by atoms with E-state index in [0.29, 0.717) is 31.0 Å². The largest absolute Gasteiger partial charge is 0.378 e. The van der Waals surface area contributed by atoms with Crippen LogP contribution in [-0.4, -0.2) is 31.7 Å². The number of morpholine rings is 1. The maximum Gasteiger partial charge on any atom is 0.226 e. The molecule has 0 bridgehead atoms. The van der Waals surface area contributed by atoms with Gasteiger partial charge in [-0.25, -0.2) is 13.2 Å². The normalized spacial score (nSPS) is 16.7. The predicted molar refractivity (Wildman–Crippen MR) is 94.9 cm³/mol. The number of amides is 1. The van der Waals surface area contributed by atoms with Crippen LogP contribution in [0.1, 0.15) is 6.42 Å². The van der Waals surface area contributed by atoms with E-state index in [0.717, 1.165) is 12.1 Å². The molecule has 1 heterocycles. The van der Waals surface area contributed by atoms with Crippen molar-refractivity contribution >= 4 is 24.0 Å². The van der Waals surface area contributed by atoms with Crippen molar-refractivity contribution in [3.05, 3.63) is 53.8 Å². The van der Waals surface area contributed by atoms with Crippen molar-refractivity contribution < 1.29 is 22.7 Å². The lowest BCUT2D eigenvalue weighted by molar-refractivity contribution is -0.117. The van der Waals surface area contributed by atoms with Crippen LogP contribution < -0.4 is 10.6 Å². The molecule has 1 atom stereocenters. The summed E-state index contributed by atoms with van der Waals surface area (Å²) in [6.07, 6.45) is 0.209. The summed E-state index contributed by atoms with van der Waals surface area (Å²) < 4.78 is 45.5. The average molecular weight is 387 g/mol. The van der Waals surface area contributed by atoms with Crippen LogP contribution in [0.15, 0.2) is 36.4 Å². The number of ether oxygens (including phenoxy) is 1. The molecule has 1 aliphatic heterocycles. The van der Waals surface area contributed by atoms with Gasteiger partial charge in [0, 0.05) is 30.3 Å². The van der Waals surface area contributed by atoms with Crippen molar-refractivity contribution in [1.29, 1.82) is 0 Å². The average Bonchev–Trinajstić information content (AvgIpc) is 2.60. The Morgan fingerprint density at radius 3 is 2.54 bits per heavy atom. The number of hydrogen-bond acceptors (Lipinski definition) is 3. The molecule has 0 spiro atoms. The number of anilines is 1. The molecule has 4 nitrogen and oxygen atoms in total. The molecule has 1 fully saturated rings. The van der Waals surface area contributed by atoms with Crippen LogP contribution in [0.4, 0.5) is 18.9 Å². The zero-order chi connectivity index (χ0) is 17.8. The second-order valence-corrected chi connectivity index (χ2v) is 5.78. The van der Waals surface area contributed by atoms with Crippen LogP contribution in [0.2, 0.25) is 0 Å². The van der Waals surface area contributed by atoms with E-state index in [-0.39, 0.29) is 36.3 Å². The van der Waals surface area contributed by atoms with E-state index in [9.17, 15) is 18.0 Å². The Morgan fingerprint density at radius 1 is 1.19 bits per heavy atom. The van der Waals surface area contributed by atoms with Crippen molar-refractivity contribution in [1.82, 2.24) is 5.32 Å². The van der Waals surface area contributed by atoms with Crippen molar-refractivity contribution in [2.45, 2.75) is 12.5 Å². The second-order valence-electron chi connectivity index (χ2n) is 5.78. The van der Waals surface area contributed by atoms with Gasteiger partial charge in [-0.2, -0.15) is 0 Å². The highest BCUT2D eigenvalue weighted by atomic mass is 35.5. The molecular formula is C18H18ClF3N2O2. The van der Waals surface area contributed by atoms with Gasteiger partial charge in [-0.15, -0.1) is 12.4 Å². The first-order valence-corrected chi connectivity index (χ1v) is 7.89. The molecule has 1 aliphatic rings. The maximum absolute atomic E-state index is 13.5. The SMILES string of the molecule is Cl.O=C(CC1COCCN1)Nc1ccccc1-c1cc(F)c(F)c(F)c1. The summed E-state index contributed by atoms with van der Waals surface area (Å²) >= 11 is 0. The summed E-state index contributed by atoms with van der Waals surface area (Å²) in [6.45, 7) is 1.74. The molecule has 0 aromatic heterocycles. The molecule has 0 saturated carbocycles. The van der Waals surface area contributed by atoms with E-state index in [2.05, 4.69) is 10.6 Å². The fourth-order valence-corrected chi connectivity index (χ4v) is 2.73.